The summed E-state index contributed by atoms with van der Waals surface area (Å²) in [6.45, 7) is 2.66. The number of hydrogen-bond acceptors (Lipinski definition) is 4. The van der Waals surface area contributed by atoms with Gasteiger partial charge < -0.3 is 14.8 Å². The second-order valence-electron chi connectivity index (χ2n) is 6.87. The Labute approximate surface area is 174 Å². The molecule has 0 fully saturated rings. The molecular formula is C23H21ClN2O3. The molecule has 0 radical (unpaired) electrons. The summed E-state index contributed by atoms with van der Waals surface area (Å²) < 4.78 is 10.8. The lowest BCUT2D eigenvalue weighted by atomic mass is 10.1. The molecule has 1 amide bonds. The van der Waals surface area contributed by atoms with Gasteiger partial charge in [-0.25, -0.2) is 0 Å². The smallest absolute Gasteiger partial charge is 0.246 e. The number of aryl methyl sites for hydroxylation is 1. The molecule has 0 saturated heterocycles. The number of amides is 1. The van der Waals surface area contributed by atoms with Crippen LogP contribution in [0.4, 0.5) is 5.69 Å². The molecule has 3 aromatic rings. The summed E-state index contributed by atoms with van der Waals surface area (Å²) >= 11 is 6.19. The third kappa shape index (κ3) is 4.53. The normalized spacial score (nSPS) is 13.2. The average molecular weight is 409 g/mol. The zero-order valence-electron chi connectivity index (χ0n) is 15.9. The lowest BCUT2D eigenvalue weighted by molar-refractivity contribution is -0.118. The van der Waals surface area contributed by atoms with Crippen molar-refractivity contribution in [3.8, 4) is 11.5 Å². The standard InChI is InChI=1S/C23H21ClN2O3/c1-15-7-9-18(12-19(15)24)26-23(27)22(17-5-3-2-4-6-17)25-13-16-8-10-20-21(11-16)29-14-28-20/h2-12,22,25H,13-14H2,1H3,(H,26,27). The van der Waals surface area contributed by atoms with Crippen molar-refractivity contribution in [1.82, 2.24) is 5.32 Å². The van der Waals surface area contributed by atoms with Crippen molar-refractivity contribution in [3.63, 3.8) is 0 Å². The van der Waals surface area contributed by atoms with Gasteiger partial charge in [0.25, 0.3) is 0 Å². The fraction of sp³-hybridized carbons (Fsp3) is 0.174. The summed E-state index contributed by atoms with van der Waals surface area (Å²) in [6, 6.07) is 20.3. The summed E-state index contributed by atoms with van der Waals surface area (Å²) in [5, 5.41) is 6.92. The molecule has 0 spiro atoms. The van der Waals surface area contributed by atoms with Gasteiger partial charge in [-0.05, 0) is 47.9 Å². The molecule has 0 aromatic heterocycles. The number of benzene rings is 3. The lowest BCUT2D eigenvalue weighted by Gasteiger charge is -2.19. The topological polar surface area (TPSA) is 59.6 Å². The SMILES string of the molecule is Cc1ccc(NC(=O)C(NCc2ccc3c(c2)OCO3)c2ccccc2)cc1Cl. The highest BCUT2D eigenvalue weighted by atomic mass is 35.5. The number of nitrogens with one attached hydrogen (secondary N) is 2. The molecule has 1 aliphatic rings. The minimum atomic E-state index is -0.526. The number of fused-ring (bicyclic) bond motifs is 1. The molecule has 6 heteroatoms. The van der Waals surface area contributed by atoms with Gasteiger partial charge in [0.2, 0.25) is 12.7 Å². The molecule has 3 aromatic carbocycles. The van der Waals surface area contributed by atoms with Crippen molar-refractivity contribution in [2.45, 2.75) is 19.5 Å². The van der Waals surface area contributed by atoms with Crippen molar-refractivity contribution >= 4 is 23.2 Å². The monoisotopic (exact) mass is 408 g/mol. The van der Waals surface area contributed by atoms with Crippen LogP contribution in [0.5, 0.6) is 11.5 Å². The predicted molar refractivity (Wildman–Crippen MR) is 113 cm³/mol. The van der Waals surface area contributed by atoms with E-state index in [0.29, 0.717) is 17.3 Å². The molecule has 4 rings (SSSR count). The Morgan fingerprint density at radius 1 is 1.03 bits per heavy atom. The van der Waals surface area contributed by atoms with E-state index < -0.39 is 6.04 Å². The molecule has 1 aliphatic heterocycles. The van der Waals surface area contributed by atoms with Crippen LogP contribution < -0.4 is 20.1 Å². The van der Waals surface area contributed by atoms with Crippen LogP contribution in [0.3, 0.4) is 0 Å². The third-order valence-corrected chi connectivity index (χ3v) is 5.19. The molecular weight excluding hydrogens is 388 g/mol. The molecule has 0 aliphatic carbocycles. The number of hydrogen-bond donors (Lipinski definition) is 2. The van der Waals surface area contributed by atoms with Crippen LogP contribution in [0.2, 0.25) is 5.02 Å². The highest BCUT2D eigenvalue weighted by Gasteiger charge is 2.21. The maximum Gasteiger partial charge on any atom is 0.246 e. The quantitative estimate of drug-likeness (QED) is 0.612. The first-order valence-electron chi connectivity index (χ1n) is 9.34. The van der Waals surface area contributed by atoms with Gasteiger partial charge in [-0.3, -0.25) is 10.1 Å². The Kier molecular flexibility index (Phi) is 5.69. The third-order valence-electron chi connectivity index (χ3n) is 4.78. The predicted octanol–water partition coefficient (Wildman–Crippen LogP) is 4.85. The van der Waals surface area contributed by atoms with E-state index in [9.17, 15) is 4.79 Å². The zero-order valence-corrected chi connectivity index (χ0v) is 16.7. The van der Waals surface area contributed by atoms with Crippen LogP contribution in [-0.4, -0.2) is 12.7 Å². The molecule has 0 bridgehead atoms. The van der Waals surface area contributed by atoms with Gasteiger partial charge in [0, 0.05) is 17.3 Å². The number of carbonyl (C=O) groups excluding carboxylic acids is 1. The van der Waals surface area contributed by atoms with Gasteiger partial charge in [0.05, 0.1) is 0 Å². The van der Waals surface area contributed by atoms with E-state index in [0.717, 1.165) is 28.2 Å². The Balaban J connectivity index is 1.51. The summed E-state index contributed by atoms with van der Waals surface area (Å²) in [5.41, 5.74) is 3.51. The van der Waals surface area contributed by atoms with E-state index in [1.54, 1.807) is 6.07 Å². The van der Waals surface area contributed by atoms with Crippen molar-refractivity contribution in [2.75, 3.05) is 12.1 Å². The minimum absolute atomic E-state index is 0.156. The molecule has 29 heavy (non-hydrogen) atoms. The van der Waals surface area contributed by atoms with Gasteiger partial charge in [0.1, 0.15) is 6.04 Å². The summed E-state index contributed by atoms with van der Waals surface area (Å²) in [4.78, 5) is 13.1. The van der Waals surface area contributed by atoms with Crippen LogP contribution >= 0.6 is 11.6 Å². The van der Waals surface area contributed by atoms with Crippen LogP contribution in [0.25, 0.3) is 0 Å². The number of halogens is 1. The summed E-state index contributed by atoms with van der Waals surface area (Å²) in [5.74, 6) is 1.30. The van der Waals surface area contributed by atoms with Crippen LogP contribution in [0.15, 0.2) is 66.7 Å². The number of carbonyl (C=O) groups is 1. The molecule has 0 saturated carbocycles. The van der Waals surface area contributed by atoms with Gasteiger partial charge in [-0.15, -0.1) is 0 Å². The maximum absolute atomic E-state index is 13.1. The van der Waals surface area contributed by atoms with Gasteiger partial charge in [-0.2, -0.15) is 0 Å². The van der Waals surface area contributed by atoms with Crippen LogP contribution in [-0.2, 0) is 11.3 Å². The van der Waals surface area contributed by atoms with Crippen molar-refractivity contribution in [2.24, 2.45) is 0 Å². The van der Waals surface area contributed by atoms with Gasteiger partial charge in [0.15, 0.2) is 11.5 Å². The summed E-state index contributed by atoms with van der Waals surface area (Å²) in [7, 11) is 0. The first kappa shape index (κ1) is 19.3. The Morgan fingerprint density at radius 2 is 1.83 bits per heavy atom. The van der Waals surface area contributed by atoms with Crippen molar-refractivity contribution in [1.29, 1.82) is 0 Å². The number of anilines is 1. The van der Waals surface area contributed by atoms with E-state index in [-0.39, 0.29) is 12.7 Å². The van der Waals surface area contributed by atoms with E-state index in [1.807, 2.05) is 67.6 Å². The van der Waals surface area contributed by atoms with Crippen LogP contribution in [0.1, 0.15) is 22.7 Å². The fourth-order valence-corrected chi connectivity index (χ4v) is 3.34. The highest BCUT2D eigenvalue weighted by Crippen LogP contribution is 2.32. The fourth-order valence-electron chi connectivity index (χ4n) is 3.16. The minimum Gasteiger partial charge on any atom is -0.454 e. The Bertz CT molecular complexity index is 1020. The lowest BCUT2D eigenvalue weighted by Crippen LogP contribution is -2.32. The zero-order chi connectivity index (χ0) is 20.2. The molecule has 1 atom stereocenters. The van der Waals surface area contributed by atoms with Gasteiger partial charge in [-0.1, -0.05) is 54.1 Å². The molecule has 1 heterocycles. The maximum atomic E-state index is 13.1. The molecule has 1 unspecified atom stereocenters. The van der Waals surface area contributed by atoms with E-state index in [2.05, 4.69) is 10.6 Å². The number of ether oxygens (including phenoxy) is 2. The number of rotatable bonds is 6. The van der Waals surface area contributed by atoms with E-state index in [4.69, 9.17) is 21.1 Å². The second-order valence-corrected chi connectivity index (χ2v) is 7.27. The first-order chi connectivity index (χ1) is 14.1. The molecule has 148 valence electrons. The molecule has 2 N–H and O–H groups in total. The first-order valence-corrected chi connectivity index (χ1v) is 9.72. The summed E-state index contributed by atoms with van der Waals surface area (Å²) in [6.07, 6.45) is 0. The van der Waals surface area contributed by atoms with Crippen molar-refractivity contribution < 1.29 is 14.3 Å². The highest BCUT2D eigenvalue weighted by molar-refractivity contribution is 6.31. The largest absolute Gasteiger partial charge is 0.454 e. The average Bonchev–Trinajstić information content (AvgIpc) is 3.20. The van der Waals surface area contributed by atoms with E-state index in [1.165, 1.54) is 0 Å². The second kappa shape index (κ2) is 8.55. The van der Waals surface area contributed by atoms with Crippen molar-refractivity contribution in [3.05, 3.63) is 88.4 Å². The van der Waals surface area contributed by atoms with E-state index >= 15 is 0 Å². The Hall–Kier alpha value is -3.02. The Morgan fingerprint density at radius 3 is 2.62 bits per heavy atom. The van der Waals surface area contributed by atoms with Crippen LogP contribution in [0, 0.1) is 6.92 Å². The van der Waals surface area contributed by atoms with Gasteiger partial charge >= 0.3 is 0 Å². The molecule has 5 nitrogen and oxygen atoms in total.